The second-order valence-electron chi connectivity index (χ2n) is 12.1. The van der Waals surface area contributed by atoms with Crippen molar-refractivity contribution in [2.24, 2.45) is 0 Å². The molecule has 242 valence electrons. The van der Waals surface area contributed by atoms with E-state index in [1.54, 1.807) is 6.08 Å². The van der Waals surface area contributed by atoms with Crippen molar-refractivity contribution in [1.82, 2.24) is 5.32 Å². The van der Waals surface area contributed by atoms with Crippen molar-refractivity contribution in [2.45, 2.75) is 193 Å². The molecule has 3 unspecified atom stereocenters. The Bertz CT molecular complexity index is 606. The minimum Gasteiger partial charge on any atom is -0.394 e. The topological polar surface area (TPSA) is 89.8 Å². The fourth-order valence-corrected chi connectivity index (χ4v) is 5.22. The van der Waals surface area contributed by atoms with E-state index in [9.17, 15) is 20.1 Å². The molecule has 0 saturated heterocycles. The number of allylic oxidation sites excluding steroid dienone is 2. The highest BCUT2D eigenvalue weighted by Gasteiger charge is 2.19. The molecular weight excluding hydrogens is 510 g/mol. The summed E-state index contributed by atoms with van der Waals surface area (Å²) in [5.41, 5.74) is 0. The fourth-order valence-electron chi connectivity index (χ4n) is 5.22. The van der Waals surface area contributed by atoms with Crippen LogP contribution in [0.5, 0.6) is 0 Å². The van der Waals surface area contributed by atoms with E-state index in [0.29, 0.717) is 6.42 Å². The number of carbonyl (C=O) groups is 1. The molecule has 0 radical (unpaired) electrons. The molecule has 0 rings (SSSR count). The average molecular weight is 580 g/mol. The third-order valence-corrected chi connectivity index (χ3v) is 7.98. The van der Waals surface area contributed by atoms with Crippen molar-refractivity contribution in [3.63, 3.8) is 0 Å². The molecule has 0 aliphatic carbocycles. The summed E-state index contributed by atoms with van der Waals surface area (Å²) in [7, 11) is 0. The smallest absolute Gasteiger partial charge is 0.223 e. The van der Waals surface area contributed by atoms with Crippen LogP contribution in [0.1, 0.15) is 174 Å². The first-order valence-corrected chi connectivity index (χ1v) is 17.6. The zero-order chi connectivity index (χ0) is 30.2. The van der Waals surface area contributed by atoms with Crippen molar-refractivity contribution in [1.29, 1.82) is 0 Å². The van der Waals surface area contributed by atoms with E-state index in [1.165, 1.54) is 122 Å². The highest BCUT2D eigenvalue weighted by Crippen LogP contribution is 2.14. The number of rotatable bonds is 31. The number of nitrogens with one attached hydrogen (secondary N) is 1. The van der Waals surface area contributed by atoms with Gasteiger partial charge in [-0.1, -0.05) is 160 Å². The average Bonchev–Trinajstić information content (AvgIpc) is 2.96. The first kappa shape index (κ1) is 39.8. The third-order valence-electron chi connectivity index (χ3n) is 7.98. The van der Waals surface area contributed by atoms with Gasteiger partial charge in [-0.25, -0.2) is 0 Å². The molecule has 0 saturated carbocycles. The van der Waals surface area contributed by atoms with E-state index < -0.39 is 18.2 Å². The standard InChI is InChI=1S/C36H69NO4/c1-3-5-7-9-11-12-13-14-15-16-17-18-19-20-21-22-24-26-28-30-35(40)34(32-38)37-36(41)31-33(39)29-27-25-23-10-8-6-4-2/h25,27-28,30,33-35,38-40H,3-24,26,29,31-32H2,1-2H3,(H,37,41)/b27-25-,30-28+. The Morgan fingerprint density at radius 2 is 1.02 bits per heavy atom. The fraction of sp³-hybridized carbons (Fsp3) is 0.861. The highest BCUT2D eigenvalue weighted by molar-refractivity contribution is 5.76. The van der Waals surface area contributed by atoms with Gasteiger partial charge in [0.15, 0.2) is 0 Å². The molecule has 0 aromatic heterocycles. The van der Waals surface area contributed by atoms with Crippen molar-refractivity contribution < 1.29 is 20.1 Å². The predicted octanol–water partition coefficient (Wildman–Crippen LogP) is 9.09. The molecule has 0 bridgehead atoms. The molecule has 5 nitrogen and oxygen atoms in total. The molecular formula is C36H69NO4. The Balaban J connectivity index is 3.71. The molecule has 4 N–H and O–H groups in total. The number of carbonyl (C=O) groups excluding carboxylic acids is 1. The van der Waals surface area contributed by atoms with E-state index in [1.807, 2.05) is 12.2 Å². The van der Waals surface area contributed by atoms with Crippen molar-refractivity contribution in [3.05, 3.63) is 24.3 Å². The van der Waals surface area contributed by atoms with Crippen molar-refractivity contribution in [3.8, 4) is 0 Å². The van der Waals surface area contributed by atoms with Gasteiger partial charge in [-0.2, -0.15) is 0 Å². The van der Waals surface area contributed by atoms with Gasteiger partial charge in [0.1, 0.15) is 0 Å². The lowest BCUT2D eigenvalue weighted by atomic mass is 10.0. The Morgan fingerprint density at radius 1 is 0.610 bits per heavy atom. The maximum atomic E-state index is 12.2. The molecule has 1 amide bonds. The van der Waals surface area contributed by atoms with Crippen LogP contribution in [0.15, 0.2) is 24.3 Å². The molecule has 5 heteroatoms. The maximum absolute atomic E-state index is 12.2. The molecule has 0 heterocycles. The van der Waals surface area contributed by atoms with Crippen molar-refractivity contribution >= 4 is 5.91 Å². The lowest BCUT2D eigenvalue weighted by Gasteiger charge is -2.20. The van der Waals surface area contributed by atoms with E-state index in [4.69, 9.17) is 0 Å². The number of hydrogen-bond donors (Lipinski definition) is 4. The summed E-state index contributed by atoms with van der Waals surface area (Å²) >= 11 is 0. The molecule has 0 spiro atoms. The van der Waals surface area contributed by atoms with E-state index in [0.717, 1.165) is 25.7 Å². The lowest BCUT2D eigenvalue weighted by Crippen LogP contribution is -2.45. The molecule has 3 atom stereocenters. The monoisotopic (exact) mass is 580 g/mol. The molecule has 0 aromatic carbocycles. The van der Waals surface area contributed by atoms with Crippen LogP contribution in [0.3, 0.4) is 0 Å². The second kappa shape index (κ2) is 31.8. The van der Waals surface area contributed by atoms with Gasteiger partial charge < -0.3 is 20.6 Å². The Morgan fingerprint density at radius 3 is 1.49 bits per heavy atom. The largest absolute Gasteiger partial charge is 0.394 e. The molecule has 0 aliphatic rings. The lowest BCUT2D eigenvalue weighted by molar-refractivity contribution is -0.124. The highest BCUT2D eigenvalue weighted by atomic mass is 16.3. The number of amides is 1. The zero-order valence-corrected chi connectivity index (χ0v) is 27.2. The number of hydrogen-bond acceptors (Lipinski definition) is 4. The number of aliphatic hydroxyl groups is 3. The van der Waals surface area contributed by atoms with Gasteiger partial charge in [-0.05, 0) is 32.1 Å². The van der Waals surface area contributed by atoms with Gasteiger partial charge in [-0.3, -0.25) is 4.79 Å². The van der Waals surface area contributed by atoms with E-state index in [2.05, 4.69) is 25.2 Å². The first-order valence-electron chi connectivity index (χ1n) is 17.6. The second-order valence-corrected chi connectivity index (χ2v) is 12.1. The van der Waals surface area contributed by atoms with E-state index in [-0.39, 0.29) is 18.9 Å². The summed E-state index contributed by atoms with van der Waals surface area (Å²) in [4.78, 5) is 12.2. The maximum Gasteiger partial charge on any atom is 0.223 e. The molecule has 0 aliphatic heterocycles. The van der Waals surface area contributed by atoms with Gasteiger partial charge in [0.25, 0.3) is 0 Å². The Kier molecular flexibility index (Phi) is 30.9. The Hall–Kier alpha value is -1.17. The minimum atomic E-state index is -0.935. The predicted molar refractivity (Wildman–Crippen MR) is 176 cm³/mol. The van der Waals surface area contributed by atoms with Crippen LogP contribution in [0.4, 0.5) is 0 Å². The van der Waals surface area contributed by atoms with Crippen LogP contribution >= 0.6 is 0 Å². The van der Waals surface area contributed by atoms with Gasteiger partial charge in [-0.15, -0.1) is 0 Å². The van der Waals surface area contributed by atoms with Crippen LogP contribution in [0, 0.1) is 0 Å². The molecule has 0 aromatic rings. The molecule has 0 fully saturated rings. The van der Waals surface area contributed by atoms with Gasteiger partial charge in [0.2, 0.25) is 5.91 Å². The number of unbranched alkanes of at least 4 members (excludes halogenated alkanes) is 21. The normalized spacial score (nSPS) is 14.2. The summed E-state index contributed by atoms with van der Waals surface area (Å²) in [6, 6.07) is -0.754. The van der Waals surface area contributed by atoms with Crippen LogP contribution in [0.2, 0.25) is 0 Å². The Labute approximate surface area is 254 Å². The van der Waals surface area contributed by atoms with Crippen LogP contribution in [0.25, 0.3) is 0 Å². The zero-order valence-electron chi connectivity index (χ0n) is 27.2. The SMILES string of the molecule is CCCCCC/C=C\CC(O)CC(=O)NC(CO)C(O)/C=C/CCCCCCCCCCCCCCCCCCC. The summed E-state index contributed by atoms with van der Waals surface area (Å²) in [6.07, 6.45) is 36.2. The van der Waals surface area contributed by atoms with Crippen LogP contribution in [-0.4, -0.2) is 46.1 Å². The van der Waals surface area contributed by atoms with Crippen LogP contribution in [-0.2, 0) is 4.79 Å². The van der Waals surface area contributed by atoms with Crippen LogP contribution < -0.4 is 5.32 Å². The summed E-state index contributed by atoms with van der Waals surface area (Å²) in [6.45, 7) is 4.13. The van der Waals surface area contributed by atoms with Gasteiger partial charge in [0.05, 0.1) is 31.3 Å². The minimum absolute atomic E-state index is 0.0354. The first-order chi connectivity index (χ1) is 20.0. The summed E-state index contributed by atoms with van der Waals surface area (Å²) in [5.74, 6) is -0.353. The van der Waals surface area contributed by atoms with Crippen molar-refractivity contribution in [2.75, 3.05) is 6.61 Å². The summed E-state index contributed by atoms with van der Waals surface area (Å²) in [5, 5.41) is 32.8. The number of aliphatic hydroxyl groups excluding tert-OH is 3. The summed E-state index contributed by atoms with van der Waals surface area (Å²) < 4.78 is 0. The van der Waals surface area contributed by atoms with Gasteiger partial charge >= 0.3 is 0 Å². The van der Waals surface area contributed by atoms with E-state index >= 15 is 0 Å². The quantitative estimate of drug-likeness (QED) is 0.0487. The molecule has 41 heavy (non-hydrogen) atoms. The third kappa shape index (κ3) is 28.7. The van der Waals surface area contributed by atoms with Gasteiger partial charge in [0, 0.05) is 0 Å².